The molecule has 8 heteroatoms. The number of halogens is 1. The van der Waals surface area contributed by atoms with Crippen LogP contribution < -0.4 is 5.32 Å². The minimum Gasteiger partial charge on any atom is -0.383 e. The molecule has 0 aliphatic rings. The zero-order valence-corrected chi connectivity index (χ0v) is 21.2. The molecule has 0 unspecified atom stereocenters. The van der Waals surface area contributed by atoms with Crippen LogP contribution in [0.5, 0.6) is 0 Å². The first-order chi connectivity index (χ1) is 16.0. The van der Waals surface area contributed by atoms with Crippen molar-refractivity contribution in [2.24, 2.45) is 0 Å². The lowest BCUT2D eigenvalue weighted by molar-refractivity contribution is -0.133. The van der Waals surface area contributed by atoms with Gasteiger partial charge in [-0.3, -0.25) is 4.79 Å². The van der Waals surface area contributed by atoms with Crippen molar-refractivity contribution >= 4 is 44.9 Å². The lowest BCUT2D eigenvalue weighted by atomic mass is 10.2. The topological polar surface area (TPSA) is 61.9 Å². The molecule has 3 rings (SSSR count). The molecule has 2 aromatic carbocycles. The molecule has 0 aliphatic heterocycles. The Hall–Kier alpha value is -2.68. The number of benzene rings is 2. The molecule has 0 spiro atoms. The van der Waals surface area contributed by atoms with Gasteiger partial charge in [0.05, 0.1) is 18.8 Å². The van der Waals surface area contributed by atoms with Gasteiger partial charge in [-0.25, -0.2) is 4.79 Å². The van der Waals surface area contributed by atoms with Crippen LogP contribution in [0.4, 0.5) is 10.5 Å². The fourth-order valence-electron chi connectivity index (χ4n) is 3.27. The average molecular weight is 530 g/mol. The number of nitrogens with one attached hydrogen (secondary N) is 1. The fourth-order valence-corrected chi connectivity index (χ4v) is 4.56. The van der Waals surface area contributed by atoms with Crippen LogP contribution in [-0.2, 0) is 22.6 Å². The number of rotatable bonds is 10. The summed E-state index contributed by atoms with van der Waals surface area (Å²) < 4.78 is 5.95. The third-order valence-electron chi connectivity index (χ3n) is 5.01. The van der Waals surface area contributed by atoms with E-state index in [-0.39, 0.29) is 18.5 Å². The summed E-state index contributed by atoms with van der Waals surface area (Å²) in [7, 11) is 1.58. The Morgan fingerprint density at radius 1 is 0.970 bits per heavy atom. The Morgan fingerprint density at radius 2 is 1.70 bits per heavy atom. The van der Waals surface area contributed by atoms with E-state index in [4.69, 9.17) is 4.74 Å². The van der Waals surface area contributed by atoms with Gasteiger partial charge in [-0.1, -0.05) is 42.5 Å². The molecular formula is C25H28BrN3O3S. The van der Waals surface area contributed by atoms with Crippen LogP contribution in [0.1, 0.15) is 15.3 Å². The predicted molar refractivity (Wildman–Crippen MR) is 136 cm³/mol. The van der Waals surface area contributed by atoms with Crippen molar-refractivity contribution in [1.29, 1.82) is 0 Å². The summed E-state index contributed by atoms with van der Waals surface area (Å²) in [4.78, 5) is 32.0. The quantitative estimate of drug-likeness (QED) is 0.375. The van der Waals surface area contributed by atoms with E-state index in [1.54, 1.807) is 29.4 Å². The van der Waals surface area contributed by atoms with Crippen molar-refractivity contribution in [3.63, 3.8) is 0 Å². The van der Waals surface area contributed by atoms with Crippen LogP contribution in [0.2, 0.25) is 0 Å². The van der Waals surface area contributed by atoms with Gasteiger partial charge in [-0.05, 0) is 52.7 Å². The predicted octanol–water partition coefficient (Wildman–Crippen LogP) is 5.53. The second-order valence-electron chi connectivity index (χ2n) is 7.57. The first kappa shape index (κ1) is 25.0. The lowest BCUT2D eigenvalue weighted by Gasteiger charge is -2.28. The summed E-state index contributed by atoms with van der Waals surface area (Å²) >= 11 is 5.12. The second-order valence-corrected chi connectivity index (χ2v) is 9.80. The normalized spacial score (nSPS) is 10.6. The van der Waals surface area contributed by atoms with Crippen LogP contribution in [0.3, 0.4) is 0 Å². The fraction of sp³-hybridized carbons (Fsp3) is 0.280. The van der Waals surface area contributed by atoms with Crippen LogP contribution >= 0.6 is 27.3 Å². The maximum atomic E-state index is 13.4. The van der Waals surface area contributed by atoms with Gasteiger partial charge in [0.2, 0.25) is 5.91 Å². The lowest BCUT2D eigenvalue weighted by Crippen LogP contribution is -2.45. The summed E-state index contributed by atoms with van der Waals surface area (Å²) in [6.07, 6.45) is 0. The highest BCUT2D eigenvalue weighted by atomic mass is 79.9. The number of thiophene rings is 1. The first-order valence-electron chi connectivity index (χ1n) is 10.6. The van der Waals surface area contributed by atoms with Crippen molar-refractivity contribution in [2.45, 2.75) is 20.0 Å². The molecule has 1 heterocycles. The van der Waals surface area contributed by atoms with Crippen molar-refractivity contribution in [3.8, 4) is 0 Å². The zero-order chi connectivity index (χ0) is 23.6. The van der Waals surface area contributed by atoms with E-state index in [1.165, 1.54) is 9.78 Å². The molecule has 0 fully saturated rings. The number of hydrogen-bond donors (Lipinski definition) is 1. The molecule has 0 saturated heterocycles. The Morgan fingerprint density at radius 3 is 2.36 bits per heavy atom. The molecular weight excluding hydrogens is 502 g/mol. The Kier molecular flexibility index (Phi) is 9.47. The van der Waals surface area contributed by atoms with Gasteiger partial charge in [0, 0.05) is 34.4 Å². The van der Waals surface area contributed by atoms with Crippen LogP contribution in [0, 0.1) is 6.92 Å². The van der Waals surface area contributed by atoms with E-state index in [0.717, 1.165) is 14.9 Å². The largest absolute Gasteiger partial charge is 0.383 e. The van der Waals surface area contributed by atoms with Gasteiger partial charge in [0.25, 0.3) is 0 Å². The molecule has 3 amide bonds. The monoisotopic (exact) mass is 529 g/mol. The highest BCUT2D eigenvalue weighted by Gasteiger charge is 2.22. The number of amides is 3. The molecule has 0 saturated carbocycles. The number of aryl methyl sites for hydroxylation is 1. The molecule has 1 N–H and O–H groups in total. The van der Waals surface area contributed by atoms with E-state index in [2.05, 4.69) is 34.2 Å². The smallest absolute Gasteiger partial charge is 0.322 e. The van der Waals surface area contributed by atoms with Gasteiger partial charge in [0.15, 0.2) is 0 Å². The van der Waals surface area contributed by atoms with Gasteiger partial charge in [-0.2, -0.15) is 0 Å². The molecule has 3 aromatic rings. The molecule has 0 aliphatic carbocycles. The van der Waals surface area contributed by atoms with Gasteiger partial charge in [-0.15, -0.1) is 11.3 Å². The minimum atomic E-state index is -0.348. The summed E-state index contributed by atoms with van der Waals surface area (Å²) in [5.74, 6) is -0.122. The molecule has 0 atom stereocenters. The number of hydrogen-bond acceptors (Lipinski definition) is 4. The van der Waals surface area contributed by atoms with Crippen molar-refractivity contribution in [2.75, 3.05) is 32.1 Å². The average Bonchev–Trinajstić information content (AvgIpc) is 3.22. The third-order valence-corrected chi connectivity index (χ3v) is 6.68. The van der Waals surface area contributed by atoms with E-state index in [1.807, 2.05) is 54.6 Å². The van der Waals surface area contributed by atoms with Crippen LogP contribution in [-0.4, -0.2) is 48.5 Å². The maximum Gasteiger partial charge on any atom is 0.322 e. The summed E-state index contributed by atoms with van der Waals surface area (Å²) in [5.41, 5.74) is 1.69. The number of carbonyl (C=O) groups is 2. The molecule has 0 bridgehead atoms. The summed E-state index contributed by atoms with van der Waals surface area (Å²) in [5, 5.41) is 2.88. The molecule has 6 nitrogen and oxygen atoms in total. The Balaban J connectivity index is 1.76. The number of nitrogens with zero attached hydrogens (tertiary/aromatic N) is 2. The number of anilines is 1. The molecule has 0 radical (unpaired) electrons. The second kappa shape index (κ2) is 12.5. The molecule has 1 aromatic heterocycles. The number of para-hydroxylation sites is 1. The van der Waals surface area contributed by atoms with Crippen LogP contribution in [0.15, 0.2) is 71.2 Å². The number of carbonyl (C=O) groups excluding carboxylic acids is 2. The van der Waals surface area contributed by atoms with Crippen molar-refractivity contribution in [1.82, 2.24) is 9.80 Å². The van der Waals surface area contributed by atoms with E-state index in [0.29, 0.717) is 31.9 Å². The third kappa shape index (κ3) is 7.70. The van der Waals surface area contributed by atoms with Gasteiger partial charge >= 0.3 is 6.03 Å². The first-order valence-corrected chi connectivity index (χ1v) is 12.2. The highest BCUT2D eigenvalue weighted by molar-refractivity contribution is 9.10. The Labute approximate surface area is 207 Å². The summed E-state index contributed by atoms with van der Waals surface area (Å²) in [6.45, 7) is 3.61. The summed E-state index contributed by atoms with van der Waals surface area (Å²) in [6, 6.07) is 21.0. The van der Waals surface area contributed by atoms with Crippen molar-refractivity contribution in [3.05, 3.63) is 86.5 Å². The Bertz CT molecular complexity index is 1060. The zero-order valence-electron chi connectivity index (χ0n) is 18.8. The van der Waals surface area contributed by atoms with E-state index < -0.39 is 0 Å². The number of methoxy groups -OCH3 is 1. The number of ether oxygens (including phenoxy) is 1. The van der Waals surface area contributed by atoms with Gasteiger partial charge in [0.1, 0.15) is 6.54 Å². The SMILES string of the molecule is COCCN(CC(=O)N(Cc1ccccc1)Cc1ccc(C)s1)C(=O)Nc1ccccc1Br. The van der Waals surface area contributed by atoms with Gasteiger partial charge < -0.3 is 19.9 Å². The molecule has 174 valence electrons. The minimum absolute atomic E-state index is 0.0448. The highest BCUT2D eigenvalue weighted by Crippen LogP contribution is 2.22. The van der Waals surface area contributed by atoms with Crippen LogP contribution in [0.25, 0.3) is 0 Å². The molecule has 33 heavy (non-hydrogen) atoms. The van der Waals surface area contributed by atoms with E-state index in [9.17, 15) is 9.59 Å². The van der Waals surface area contributed by atoms with E-state index >= 15 is 0 Å². The standard InChI is InChI=1S/C25H28BrN3O3S/c1-19-12-13-21(33-19)17-29(16-20-8-4-3-5-9-20)24(30)18-28(14-15-32-2)25(31)27-23-11-7-6-10-22(23)26/h3-13H,14-18H2,1-2H3,(H,27,31). The van der Waals surface area contributed by atoms with Crippen molar-refractivity contribution < 1.29 is 14.3 Å². The number of urea groups is 1. The maximum absolute atomic E-state index is 13.4.